The third kappa shape index (κ3) is 5.17. The van der Waals surface area contributed by atoms with Crippen LogP contribution in [-0.2, 0) is 11.3 Å². The number of amides is 3. The Hall–Kier alpha value is -3.59. The van der Waals surface area contributed by atoms with Crippen molar-refractivity contribution < 1.29 is 18.8 Å². The van der Waals surface area contributed by atoms with E-state index >= 15 is 0 Å². The normalized spacial score (nSPS) is 13.6. The van der Waals surface area contributed by atoms with E-state index in [0.29, 0.717) is 48.1 Å². The summed E-state index contributed by atoms with van der Waals surface area (Å²) in [6, 6.07) is 14.3. The van der Waals surface area contributed by atoms with Crippen LogP contribution in [0, 0.1) is 0 Å². The van der Waals surface area contributed by atoms with Crippen LogP contribution >= 0.6 is 11.3 Å². The summed E-state index contributed by atoms with van der Waals surface area (Å²) in [4.78, 5) is 42.0. The highest BCUT2D eigenvalue weighted by atomic mass is 32.1. The number of carbonyl (C=O) groups excluding carboxylic acids is 3. The van der Waals surface area contributed by atoms with Crippen molar-refractivity contribution in [3.8, 4) is 0 Å². The lowest BCUT2D eigenvalue weighted by molar-refractivity contribution is -0.130. The predicted molar refractivity (Wildman–Crippen MR) is 122 cm³/mol. The number of benzene rings is 1. The van der Waals surface area contributed by atoms with Crippen molar-refractivity contribution in [1.29, 1.82) is 0 Å². The van der Waals surface area contributed by atoms with E-state index < -0.39 is 0 Å². The van der Waals surface area contributed by atoms with Gasteiger partial charge in [-0.25, -0.2) is 0 Å². The monoisotopic (exact) mass is 452 g/mol. The first-order valence-electron chi connectivity index (χ1n) is 10.4. The van der Waals surface area contributed by atoms with Crippen molar-refractivity contribution in [2.24, 2.45) is 0 Å². The fourth-order valence-electron chi connectivity index (χ4n) is 3.51. The van der Waals surface area contributed by atoms with E-state index in [2.05, 4.69) is 10.6 Å². The molecular formula is C23H24N4O4S. The van der Waals surface area contributed by atoms with Crippen LogP contribution in [0.2, 0.25) is 0 Å². The van der Waals surface area contributed by atoms with Gasteiger partial charge >= 0.3 is 0 Å². The van der Waals surface area contributed by atoms with Gasteiger partial charge in [0.05, 0.1) is 29.8 Å². The number of nitrogens with zero attached hydrogens (tertiary/aromatic N) is 2. The van der Waals surface area contributed by atoms with Gasteiger partial charge in [0.2, 0.25) is 5.91 Å². The molecule has 3 amide bonds. The highest BCUT2D eigenvalue weighted by Gasteiger charge is 2.25. The molecule has 2 N–H and O–H groups in total. The van der Waals surface area contributed by atoms with Crippen molar-refractivity contribution in [3.63, 3.8) is 0 Å². The lowest BCUT2D eigenvalue weighted by atomic mass is 10.1. The van der Waals surface area contributed by atoms with Crippen LogP contribution in [0.1, 0.15) is 25.8 Å². The fourth-order valence-corrected chi connectivity index (χ4v) is 4.20. The second-order valence-electron chi connectivity index (χ2n) is 7.31. The number of thiophene rings is 1. The largest absolute Gasteiger partial charge is 0.467 e. The van der Waals surface area contributed by atoms with E-state index in [1.54, 1.807) is 46.4 Å². The van der Waals surface area contributed by atoms with E-state index in [4.69, 9.17) is 4.42 Å². The van der Waals surface area contributed by atoms with Crippen molar-refractivity contribution in [3.05, 3.63) is 76.4 Å². The summed E-state index contributed by atoms with van der Waals surface area (Å²) < 4.78 is 5.23. The van der Waals surface area contributed by atoms with Gasteiger partial charge in [-0.2, -0.15) is 0 Å². The lowest BCUT2D eigenvalue weighted by Crippen LogP contribution is -2.51. The zero-order valence-electron chi connectivity index (χ0n) is 17.5. The van der Waals surface area contributed by atoms with E-state index in [9.17, 15) is 14.4 Å². The summed E-state index contributed by atoms with van der Waals surface area (Å²) in [6.07, 6.45) is 1.56. The second kappa shape index (κ2) is 10.1. The molecule has 0 saturated carbocycles. The minimum absolute atomic E-state index is 0.0136. The SMILES string of the molecule is O=C(NCc1ccco1)c1ccccc1NCC(=O)N1CCN(C(=O)c2cccs2)CC1. The Bertz CT molecular complexity index is 1060. The van der Waals surface area contributed by atoms with Crippen LogP contribution in [-0.4, -0.2) is 60.2 Å². The molecule has 9 heteroatoms. The molecule has 0 aliphatic carbocycles. The van der Waals surface area contributed by atoms with Gasteiger partial charge in [0, 0.05) is 31.9 Å². The number of para-hydroxylation sites is 1. The van der Waals surface area contributed by atoms with E-state index in [1.807, 2.05) is 23.6 Å². The van der Waals surface area contributed by atoms with Gasteiger partial charge in [0.1, 0.15) is 5.76 Å². The van der Waals surface area contributed by atoms with E-state index in [0.717, 1.165) is 0 Å². The highest BCUT2D eigenvalue weighted by Crippen LogP contribution is 2.16. The molecule has 1 aromatic carbocycles. The van der Waals surface area contributed by atoms with Gasteiger partial charge in [-0.1, -0.05) is 18.2 Å². The summed E-state index contributed by atoms with van der Waals surface area (Å²) in [5, 5.41) is 7.78. The summed E-state index contributed by atoms with van der Waals surface area (Å²) in [5.41, 5.74) is 1.04. The van der Waals surface area contributed by atoms with Crippen LogP contribution in [0.15, 0.2) is 64.6 Å². The highest BCUT2D eigenvalue weighted by molar-refractivity contribution is 7.12. The van der Waals surface area contributed by atoms with Crippen LogP contribution in [0.4, 0.5) is 5.69 Å². The number of piperazine rings is 1. The lowest BCUT2D eigenvalue weighted by Gasteiger charge is -2.34. The summed E-state index contributed by atoms with van der Waals surface area (Å²) in [5.74, 6) is 0.354. The number of hydrogen-bond acceptors (Lipinski definition) is 6. The molecule has 166 valence electrons. The third-order valence-corrected chi connectivity index (χ3v) is 6.11. The first-order chi connectivity index (χ1) is 15.6. The minimum Gasteiger partial charge on any atom is -0.467 e. The average Bonchev–Trinajstić information content (AvgIpc) is 3.55. The van der Waals surface area contributed by atoms with Crippen LogP contribution in [0.25, 0.3) is 0 Å². The van der Waals surface area contributed by atoms with Gasteiger partial charge in [-0.05, 0) is 35.7 Å². The van der Waals surface area contributed by atoms with Gasteiger partial charge in [-0.3, -0.25) is 14.4 Å². The molecule has 1 aliphatic heterocycles. The molecule has 0 radical (unpaired) electrons. The second-order valence-corrected chi connectivity index (χ2v) is 8.26. The Labute approximate surface area is 189 Å². The van der Waals surface area contributed by atoms with Gasteiger partial charge < -0.3 is 24.9 Å². The third-order valence-electron chi connectivity index (χ3n) is 5.26. The Morgan fingerprint density at radius 3 is 2.44 bits per heavy atom. The van der Waals surface area contributed by atoms with Crippen molar-refractivity contribution >= 4 is 34.7 Å². The van der Waals surface area contributed by atoms with Crippen molar-refractivity contribution in [2.45, 2.75) is 6.54 Å². The van der Waals surface area contributed by atoms with Crippen molar-refractivity contribution in [2.75, 3.05) is 38.0 Å². The Morgan fingerprint density at radius 2 is 1.72 bits per heavy atom. The summed E-state index contributed by atoms with van der Waals surface area (Å²) in [7, 11) is 0. The number of carbonyl (C=O) groups is 3. The van der Waals surface area contributed by atoms with Crippen LogP contribution in [0.5, 0.6) is 0 Å². The summed E-state index contributed by atoms with van der Waals surface area (Å²) >= 11 is 1.42. The van der Waals surface area contributed by atoms with E-state index in [-0.39, 0.29) is 30.8 Å². The average molecular weight is 453 g/mol. The zero-order chi connectivity index (χ0) is 22.3. The van der Waals surface area contributed by atoms with E-state index in [1.165, 1.54) is 11.3 Å². The molecule has 0 atom stereocenters. The standard InChI is InChI=1S/C23H24N4O4S/c28-21(26-9-11-27(12-10-26)23(30)20-8-4-14-32-20)16-24-19-7-2-1-6-18(19)22(29)25-15-17-5-3-13-31-17/h1-8,13-14,24H,9-12,15-16H2,(H,25,29). The maximum Gasteiger partial charge on any atom is 0.264 e. The molecule has 3 aromatic rings. The summed E-state index contributed by atoms with van der Waals surface area (Å²) in [6.45, 7) is 2.35. The molecule has 1 saturated heterocycles. The van der Waals surface area contributed by atoms with Crippen LogP contribution < -0.4 is 10.6 Å². The predicted octanol–water partition coefficient (Wildman–Crippen LogP) is 2.67. The quantitative estimate of drug-likeness (QED) is 0.575. The van der Waals surface area contributed by atoms with Gasteiger partial charge in [0.25, 0.3) is 11.8 Å². The topological polar surface area (TPSA) is 94.9 Å². The molecule has 4 rings (SSSR count). The van der Waals surface area contributed by atoms with Crippen LogP contribution in [0.3, 0.4) is 0 Å². The molecular weight excluding hydrogens is 428 g/mol. The Kier molecular flexibility index (Phi) is 6.86. The number of nitrogens with one attached hydrogen (secondary N) is 2. The molecule has 2 aromatic heterocycles. The molecule has 1 fully saturated rings. The molecule has 0 spiro atoms. The number of rotatable bonds is 7. The molecule has 0 unspecified atom stereocenters. The maximum absolute atomic E-state index is 12.7. The fraction of sp³-hybridized carbons (Fsp3) is 0.261. The molecule has 32 heavy (non-hydrogen) atoms. The number of hydrogen-bond donors (Lipinski definition) is 2. The molecule has 1 aliphatic rings. The zero-order valence-corrected chi connectivity index (χ0v) is 18.3. The number of furan rings is 1. The molecule has 8 nitrogen and oxygen atoms in total. The van der Waals surface area contributed by atoms with Gasteiger partial charge in [0.15, 0.2) is 0 Å². The number of anilines is 1. The maximum atomic E-state index is 12.7. The first kappa shape index (κ1) is 21.6. The Morgan fingerprint density at radius 1 is 0.938 bits per heavy atom. The van der Waals surface area contributed by atoms with Gasteiger partial charge in [-0.15, -0.1) is 11.3 Å². The van der Waals surface area contributed by atoms with Crippen molar-refractivity contribution in [1.82, 2.24) is 15.1 Å². The first-order valence-corrected chi connectivity index (χ1v) is 11.2. The minimum atomic E-state index is -0.252. The Balaban J connectivity index is 1.28. The molecule has 3 heterocycles. The molecule has 0 bridgehead atoms. The smallest absolute Gasteiger partial charge is 0.264 e.